The van der Waals surface area contributed by atoms with Crippen LogP contribution >= 0.6 is 0 Å². The van der Waals surface area contributed by atoms with Crippen LogP contribution in [-0.4, -0.2) is 40.7 Å². The fourth-order valence-corrected chi connectivity index (χ4v) is 2.72. The highest BCUT2D eigenvalue weighted by atomic mass is 15.1. The van der Waals surface area contributed by atoms with Crippen LogP contribution in [0.2, 0.25) is 0 Å². The lowest BCUT2D eigenvalue weighted by molar-refractivity contribution is 0.456. The number of anilines is 1. The molecule has 3 heterocycles. The Balaban J connectivity index is 1.92. The molecule has 22 heavy (non-hydrogen) atoms. The Morgan fingerprint density at radius 2 is 2.50 bits per heavy atom. The number of aliphatic imine (C=N–C) groups is 1. The molecule has 2 aromatic rings. The van der Waals surface area contributed by atoms with Crippen molar-refractivity contribution in [1.82, 2.24) is 19.7 Å². The van der Waals surface area contributed by atoms with Crippen molar-refractivity contribution < 1.29 is 0 Å². The summed E-state index contributed by atoms with van der Waals surface area (Å²) in [4.78, 5) is 13.1. The van der Waals surface area contributed by atoms with E-state index in [4.69, 9.17) is 10.7 Å². The maximum atomic E-state index is 5.59. The van der Waals surface area contributed by atoms with E-state index in [1.54, 1.807) is 19.5 Å². The lowest BCUT2D eigenvalue weighted by atomic mass is 9.97. The average Bonchev–Trinajstić information content (AvgIpc) is 3.00. The van der Waals surface area contributed by atoms with Gasteiger partial charge in [0.05, 0.1) is 11.4 Å². The summed E-state index contributed by atoms with van der Waals surface area (Å²) in [6.45, 7) is 2.08. The number of hydrogen-bond donors (Lipinski definition) is 3. The Kier molecular flexibility index (Phi) is 4.34. The van der Waals surface area contributed by atoms with E-state index in [0.29, 0.717) is 17.4 Å². The predicted molar refractivity (Wildman–Crippen MR) is 88.1 cm³/mol. The Morgan fingerprint density at radius 3 is 3.23 bits per heavy atom. The fourth-order valence-electron chi connectivity index (χ4n) is 2.72. The standard InChI is InChI=1S/C15H21N7/c1-17-9-12(7-16)20-14-15-21-13(10-22(15)6-5-19-14)11-3-2-4-18-8-11/h5-7,9-11,18H,2-4,8,16H2,1H3,(H,19,20). The molecule has 1 atom stereocenters. The molecule has 2 aromatic heterocycles. The molecule has 3 rings (SSSR count). The highest BCUT2D eigenvalue weighted by Gasteiger charge is 2.19. The SMILES string of the molecule is CN=CC(=CN)Nc1nccn2cc(C3CCCNC3)nc12. The van der Waals surface area contributed by atoms with E-state index >= 15 is 0 Å². The van der Waals surface area contributed by atoms with Gasteiger partial charge in [-0.3, -0.25) is 4.99 Å². The zero-order valence-corrected chi connectivity index (χ0v) is 12.7. The van der Waals surface area contributed by atoms with Crippen LogP contribution in [0.3, 0.4) is 0 Å². The molecular formula is C15H21N7. The van der Waals surface area contributed by atoms with Crippen molar-refractivity contribution in [3.8, 4) is 0 Å². The monoisotopic (exact) mass is 299 g/mol. The summed E-state index contributed by atoms with van der Waals surface area (Å²) in [5.41, 5.74) is 8.18. The van der Waals surface area contributed by atoms with Crippen molar-refractivity contribution in [2.24, 2.45) is 10.7 Å². The molecule has 0 aliphatic carbocycles. The number of aromatic nitrogens is 3. The highest BCUT2D eigenvalue weighted by molar-refractivity contribution is 5.84. The number of fused-ring (bicyclic) bond motifs is 1. The lowest BCUT2D eigenvalue weighted by Gasteiger charge is -2.20. The van der Waals surface area contributed by atoms with E-state index in [1.807, 2.05) is 10.6 Å². The van der Waals surface area contributed by atoms with E-state index in [2.05, 4.69) is 26.8 Å². The summed E-state index contributed by atoms with van der Waals surface area (Å²) in [5.74, 6) is 1.14. The Labute approximate surface area is 129 Å². The molecule has 1 fully saturated rings. The summed E-state index contributed by atoms with van der Waals surface area (Å²) < 4.78 is 2.00. The van der Waals surface area contributed by atoms with Crippen LogP contribution in [0.25, 0.3) is 5.65 Å². The topological polar surface area (TPSA) is 92.6 Å². The molecule has 1 aliphatic heterocycles. The number of piperidine rings is 1. The first-order valence-electron chi connectivity index (χ1n) is 7.47. The van der Waals surface area contributed by atoms with Gasteiger partial charge in [-0.25, -0.2) is 9.97 Å². The molecule has 116 valence electrons. The van der Waals surface area contributed by atoms with Crippen molar-refractivity contribution in [3.05, 3.63) is 36.2 Å². The van der Waals surface area contributed by atoms with Gasteiger partial charge in [0.2, 0.25) is 0 Å². The molecular weight excluding hydrogens is 278 g/mol. The van der Waals surface area contributed by atoms with Gasteiger partial charge in [-0.1, -0.05) is 0 Å². The predicted octanol–water partition coefficient (Wildman–Crippen LogP) is 1.11. The van der Waals surface area contributed by atoms with Crippen LogP contribution in [0.4, 0.5) is 5.82 Å². The fraction of sp³-hybridized carbons (Fsp3) is 0.400. The number of imidazole rings is 1. The van der Waals surface area contributed by atoms with Crippen LogP contribution in [0.1, 0.15) is 24.5 Å². The van der Waals surface area contributed by atoms with Crippen molar-refractivity contribution >= 4 is 17.7 Å². The molecule has 7 heteroatoms. The van der Waals surface area contributed by atoms with Crippen molar-refractivity contribution in [2.45, 2.75) is 18.8 Å². The smallest absolute Gasteiger partial charge is 0.180 e. The molecule has 4 N–H and O–H groups in total. The highest BCUT2D eigenvalue weighted by Crippen LogP contribution is 2.24. The maximum absolute atomic E-state index is 5.59. The van der Waals surface area contributed by atoms with Crippen molar-refractivity contribution in [3.63, 3.8) is 0 Å². The lowest BCUT2D eigenvalue weighted by Crippen LogP contribution is -2.28. The van der Waals surface area contributed by atoms with Gasteiger partial charge in [-0.2, -0.15) is 0 Å². The van der Waals surface area contributed by atoms with Gasteiger partial charge in [0.1, 0.15) is 0 Å². The molecule has 0 radical (unpaired) electrons. The number of nitrogens with two attached hydrogens (primary N) is 1. The van der Waals surface area contributed by atoms with E-state index in [-0.39, 0.29) is 0 Å². The molecule has 1 saturated heterocycles. The minimum absolute atomic E-state index is 0.461. The van der Waals surface area contributed by atoms with Crippen LogP contribution in [0, 0.1) is 0 Å². The second-order valence-electron chi connectivity index (χ2n) is 5.35. The normalized spacial score (nSPS) is 19.9. The number of nitrogens with one attached hydrogen (secondary N) is 2. The summed E-state index contributed by atoms with van der Waals surface area (Å²) in [6.07, 6.45) is 11.2. The average molecular weight is 299 g/mol. The largest absolute Gasteiger partial charge is 0.403 e. The van der Waals surface area contributed by atoms with Crippen LogP contribution < -0.4 is 16.4 Å². The molecule has 0 bridgehead atoms. The van der Waals surface area contributed by atoms with Gasteiger partial charge in [0.15, 0.2) is 11.5 Å². The zero-order chi connectivity index (χ0) is 15.4. The maximum Gasteiger partial charge on any atom is 0.180 e. The number of hydrogen-bond acceptors (Lipinski definition) is 6. The third-order valence-corrected chi connectivity index (χ3v) is 3.82. The molecule has 1 aliphatic rings. The van der Waals surface area contributed by atoms with E-state index in [9.17, 15) is 0 Å². The summed E-state index contributed by atoms with van der Waals surface area (Å²) >= 11 is 0. The minimum atomic E-state index is 0.461. The van der Waals surface area contributed by atoms with Crippen LogP contribution in [0.15, 0.2) is 35.5 Å². The van der Waals surface area contributed by atoms with Gasteiger partial charge < -0.3 is 20.8 Å². The third-order valence-electron chi connectivity index (χ3n) is 3.82. The van der Waals surface area contributed by atoms with Gasteiger partial charge in [-0.15, -0.1) is 0 Å². The summed E-state index contributed by atoms with van der Waals surface area (Å²) in [6, 6.07) is 0. The van der Waals surface area contributed by atoms with Crippen molar-refractivity contribution in [2.75, 3.05) is 25.5 Å². The van der Waals surface area contributed by atoms with Gasteiger partial charge in [-0.05, 0) is 19.4 Å². The molecule has 0 amide bonds. The van der Waals surface area contributed by atoms with Gasteiger partial charge in [0, 0.05) is 50.5 Å². The van der Waals surface area contributed by atoms with E-state index in [1.165, 1.54) is 19.0 Å². The first kappa shape index (κ1) is 14.5. The Morgan fingerprint density at radius 1 is 1.59 bits per heavy atom. The zero-order valence-electron chi connectivity index (χ0n) is 12.7. The van der Waals surface area contributed by atoms with Crippen molar-refractivity contribution in [1.29, 1.82) is 0 Å². The molecule has 7 nitrogen and oxygen atoms in total. The molecule has 0 spiro atoms. The molecule has 1 unspecified atom stereocenters. The van der Waals surface area contributed by atoms with Crippen LogP contribution in [-0.2, 0) is 0 Å². The van der Waals surface area contributed by atoms with Gasteiger partial charge >= 0.3 is 0 Å². The summed E-state index contributed by atoms with van der Waals surface area (Å²) in [7, 11) is 1.70. The molecule has 0 aromatic carbocycles. The second-order valence-corrected chi connectivity index (χ2v) is 5.35. The van der Waals surface area contributed by atoms with Gasteiger partial charge in [0.25, 0.3) is 0 Å². The first-order valence-corrected chi connectivity index (χ1v) is 7.47. The second kappa shape index (κ2) is 6.57. The first-order chi connectivity index (χ1) is 10.8. The Hall–Kier alpha value is -2.41. The summed E-state index contributed by atoms with van der Waals surface area (Å²) in [5, 5.41) is 6.59. The minimum Gasteiger partial charge on any atom is -0.403 e. The number of nitrogens with zero attached hydrogens (tertiary/aromatic N) is 4. The van der Waals surface area contributed by atoms with E-state index < -0.39 is 0 Å². The molecule has 0 saturated carbocycles. The number of allylic oxidation sites excluding steroid dienone is 1. The number of rotatable bonds is 4. The Bertz CT molecular complexity index is 695. The van der Waals surface area contributed by atoms with E-state index in [0.717, 1.165) is 24.4 Å². The van der Waals surface area contributed by atoms with Crippen LogP contribution in [0.5, 0.6) is 0 Å². The quantitative estimate of drug-likeness (QED) is 0.735. The third kappa shape index (κ3) is 2.94.